The highest BCUT2D eigenvalue weighted by Crippen LogP contribution is 2.29. The van der Waals surface area contributed by atoms with Gasteiger partial charge in [0.25, 0.3) is 0 Å². The smallest absolute Gasteiger partial charge is 0.120 e. The maximum absolute atomic E-state index is 6.31. The zero-order valence-electron chi connectivity index (χ0n) is 11.6. The third-order valence-corrected chi connectivity index (χ3v) is 3.74. The molecule has 1 heterocycles. The average molecular weight is 286 g/mol. The van der Waals surface area contributed by atoms with Gasteiger partial charge in [0.1, 0.15) is 12.4 Å². The molecule has 0 spiro atoms. The lowest BCUT2D eigenvalue weighted by atomic mass is 10.2. The fraction of sp³-hybridized carbons (Fsp3) is 0.176. The van der Waals surface area contributed by atoms with Crippen molar-refractivity contribution < 1.29 is 4.74 Å². The van der Waals surface area contributed by atoms with E-state index < -0.39 is 0 Å². The van der Waals surface area contributed by atoms with Crippen molar-refractivity contribution in [2.75, 3.05) is 0 Å². The highest BCUT2D eigenvalue weighted by atomic mass is 35.5. The van der Waals surface area contributed by atoms with E-state index in [1.54, 1.807) is 0 Å². The zero-order chi connectivity index (χ0) is 14.1. The second-order valence-corrected chi connectivity index (χ2v) is 5.41. The van der Waals surface area contributed by atoms with Gasteiger partial charge in [-0.25, -0.2) is 0 Å². The normalized spacial score (nSPS) is 10.9. The lowest BCUT2D eigenvalue weighted by Gasteiger charge is -2.06. The second-order valence-electron chi connectivity index (χ2n) is 5.00. The fourth-order valence-electron chi connectivity index (χ4n) is 2.47. The van der Waals surface area contributed by atoms with Crippen LogP contribution >= 0.6 is 11.6 Å². The van der Waals surface area contributed by atoms with Crippen LogP contribution in [0.2, 0.25) is 5.02 Å². The van der Waals surface area contributed by atoms with Crippen LogP contribution < -0.4 is 4.74 Å². The van der Waals surface area contributed by atoms with Crippen LogP contribution in [0.4, 0.5) is 0 Å². The Bertz CT molecular complexity index is 761. The van der Waals surface area contributed by atoms with Gasteiger partial charge in [-0.3, -0.25) is 0 Å². The molecule has 3 rings (SSSR count). The summed E-state index contributed by atoms with van der Waals surface area (Å²) in [6.07, 6.45) is 2.08. The first-order chi connectivity index (χ1) is 9.65. The Hall–Kier alpha value is -1.93. The van der Waals surface area contributed by atoms with Crippen LogP contribution in [-0.2, 0) is 13.7 Å². The number of hydrogen-bond acceptors (Lipinski definition) is 1. The van der Waals surface area contributed by atoms with Gasteiger partial charge >= 0.3 is 0 Å². The predicted molar refractivity (Wildman–Crippen MR) is 83.4 cm³/mol. The summed E-state index contributed by atoms with van der Waals surface area (Å²) >= 11 is 6.31. The van der Waals surface area contributed by atoms with E-state index in [0.29, 0.717) is 6.61 Å². The van der Waals surface area contributed by atoms with Crippen molar-refractivity contribution in [2.24, 2.45) is 7.05 Å². The molecule has 2 aromatic carbocycles. The predicted octanol–water partition coefficient (Wildman–Crippen LogP) is 4.72. The number of halogens is 1. The molecule has 0 radical (unpaired) electrons. The lowest BCUT2D eigenvalue weighted by molar-refractivity contribution is 0.307. The number of nitrogens with zero attached hydrogens (tertiary/aromatic N) is 1. The van der Waals surface area contributed by atoms with Gasteiger partial charge in [0.15, 0.2) is 0 Å². The molecule has 0 fully saturated rings. The van der Waals surface area contributed by atoms with Crippen molar-refractivity contribution in [2.45, 2.75) is 13.5 Å². The van der Waals surface area contributed by atoms with Crippen LogP contribution in [0.1, 0.15) is 11.1 Å². The molecule has 0 unspecified atom stereocenters. The van der Waals surface area contributed by atoms with E-state index in [1.165, 1.54) is 5.56 Å². The maximum Gasteiger partial charge on any atom is 0.120 e. The Morgan fingerprint density at radius 3 is 2.75 bits per heavy atom. The summed E-state index contributed by atoms with van der Waals surface area (Å²) in [5.41, 5.74) is 3.42. The van der Waals surface area contributed by atoms with E-state index in [2.05, 4.69) is 29.8 Å². The van der Waals surface area contributed by atoms with Crippen LogP contribution in [0.5, 0.6) is 5.75 Å². The van der Waals surface area contributed by atoms with E-state index in [-0.39, 0.29) is 0 Å². The fourth-order valence-corrected chi connectivity index (χ4v) is 2.76. The Morgan fingerprint density at radius 1 is 1.15 bits per heavy atom. The van der Waals surface area contributed by atoms with Crippen LogP contribution in [0.25, 0.3) is 10.9 Å². The minimum absolute atomic E-state index is 0.518. The molecule has 20 heavy (non-hydrogen) atoms. The molecule has 0 amide bonds. The summed E-state index contributed by atoms with van der Waals surface area (Å²) in [7, 11) is 2.02. The second kappa shape index (κ2) is 5.22. The van der Waals surface area contributed by atoms with Gasteiger partial charge in [0.05, 0.1) is 5.02 Å². The molecular weight excluding hydrogens is 270 g/mol. The minimum Gasteiger partial charge on any atom is -0.489 e. The first-order valence-electron chi connectivity index (χ1n) is 6.57. The van der Waals surface area contributed by atoms with Crippen molar-refractivity contribution in [1.82, 2.24) is 4.57 Å². The zero-order valence-corrected chi connectivity index (χ0v) is 12.3. The van der Waals surface area contributed by atoms with Crippen LogP contribution in [0, 0.1) is 6.92 Å². The third-order valence-electron chi connectivity index (χ3n) is 3.43. The number of benzene rings is 2. The molecule has 0 aliphatic rings. The first-order valence-corrected chi connectivity index (χ1v) is 6.95. The van der Waals surface area contributed by atoms with Gasteiger partial charge in [0.2, 0.25) is 0 Å². The molecule has 0 aliphatic heterocycles. The number of aromatic nitrogens is 1. The van der Waals surface area contributed by atoms with E-state index >= 15 is 0 Å². The number of aryl methyl sites for hydroxylation is 2. The first kappa shape index (κ1) is 13.1. The van der Waals surface area contributed by atoms with E-state index in [4.69, 9.17) is 16.3 Å². The highest BCUT2D eigenvalue weighted by Gasteiger charge is 2.10. The molecule has 0 bridgehead atoms. The van der Waals surface area contributed by atoms with Gasteiger partial charge in [0, 0.05) is 29.7 Å². The van der Waals surface area contributed by atoms with Crippen molar-refractivity contribution in [3.63, 3.8) is 0 Å². The van der Waals surface area contributed by atoms with Crippen LogP contribution in [0.15, 0.2) is 48.7 Å². The summed E-state index contributed by atoms with van der Waals surface area (Å²) < 4.78 is 7.96. The largest absolute Gasteiger partial charge is 0.489 e. The number of fused-ring (bicyclic) bond motifs is 1. The Balaban J connectivity index is 1.92. The van der Waals surface area contributed by atoms with Gasteiger partial charge in [-0.15, -0.1) is 0 Å². The summed E-state index contributed by atoms with van der Waals surface area (Å²) in [5.74, 6) is 0.883. The summed E-state index contributed by atoms with van der Waals surface area (Å²) in [6, 6.07) is 14.0. The van der Waals surface area contributed by atoms with Crippen molar-refractivity contribution >= 4 is 22.5 Å². The van der Waals surface area contributed by atoms with Crippen LogP contribution in [-0.4, -0.2) is 4.57 Å². The third kappa shape index (κ3) is 2.39. The molecule has 3 heteroatoms. The molecule has 0 saturated carbocycles. The van der Waals surface area contributed by atoms with Crippen molar-refractivity contribution in [3.8, 4) is 5.75 Å². The highest BCUT2D eigenvalue weighted by molar-refractivity contribution is 6.35. The number of rotatable bonds is 3. The monoisotopic (exact) mass is 285 g/mol. The quantitative estimate of drug-likeness (QED) is 0.679. The molecule has 102 valence electrons. The molecule has 0 N–H and O–H groups in total. The molecule has 0 saturated heterocycles. The molecule has 0 atom stereocenters. The summed E-state index contributed by atoms with van der Waals surface area (Å²) in [4.78, 5) is 0. The van der Waals surface area contributed by atoms with Crippen LogP contribution in [0.3, 0.4) is 0 Å². The van der Waals surface area contributed by atoms with Crippen molar-refractivity contribution in [3.05, 3.63) is 64.8 Å². The minimum atomic E-state index is 0.518. The topological polar surface area (TPSA) is 14.2 Å². The standard InChI is InChI=1S/C17H16ClNO/c1-12-5-3-6-14(9-12)20-11-13-10-19(2)16-8-4-7-15(18)17(13)16/h3-10H,11H2,1-2H3. The Labute approximate surface area is 123 Å². The Morgan fingerprint density at radius 2 is 1.95 bits per heavy atom. The van der Waals surface area contributed by atoms with E-state index in [9.17, 15) is 0 Å². The Kier molecular flexibility index (Phi) is 3.41. The SMILES string of the molecule is Cc1cccc(OCc2cn(C)c3cccc(Cl)c23)c1. The lowest BCUT2D eigenvalue weighted by Crippen LogP contribution is -1.95. The molecule has 0 aliphatic carbocycles. The van der Waals surface area contributed by atoms with Gasteiger partial charge in [-0.2, -0.15) is 0 Å². The van der Waals surface area contributed by atoms with E-state index in [0.717, 1.165) is 27.2 Å². The summed E-state index contributed by atoms with van der Waals surface area (Å²) in [6.45, 7) is 2.58. The number of ether oxygens (including phenoxy) is 1. The molecule has 1 aromatic heterocycles. The number of hydrogen-bond donors (Lipinski definition) is 0. The van der Waals surface area contributed by atoms with Gasteiger partial charge in [-0.05, 0) is 36.8 Å². The molecule has 2 nitrogen and oxygen atoms in total. The van der Waals surface area contributed by atoms with E-state index in [1.807, 2.05) is 37.4 Å². The molecule has 3 aromatic rings. The summed E-state index contributed by atoms with van der Waals surface area (Å²) in [5, 5.41) is 1.84. The average Bonchev–Trinajstić information content (AvgIpc) is 2.75. The van der Waals surface area contributed by atoms with Gasteiger partial charge < -0.3 is 9.30 Å². The maximum atomic E-state index is 6.31. The van der Waals surface area contributed by atoms with Crippen molar-refractivity contribution in [1.29, 1.82) is 0 Å². The molecular formula is C17H16ClNO. The van der Waals surface area contributed by atoms with Gasteiger partial charge in [-0.1, -0.05) is 29.8 Å².